The van der Waals surface area contributed by atoms with Gasteiger partial charge >= 0.3 is 0 Å². The Labute approximate surface area is 130 Å². The summed E-state index contributed by atoms with van der Waals surface area (Å²) < 4.78 is 0. The van der Waals surface area contributed by atoms with Crippen LogP contribution in [0.5, 0.6) is 0 Å². The zero-order valence-electron chi connectivity index (χ0n) is 13.0. The normalized spacial score (nSPS) is 10.1. The van der Waals surface area contributed by atoms with Crippen LogP contribution in [0.1, 0.15) is 18.2 Å². The van der Waals surface area contributed by atoms with Gasteiger partial charge in [0.05, 0.1) is 6.42 Å². The standard InChI is InChI=1S/C17H19N3O2/c1-12-10-15(8-9-18-12)19-17(22)11-14-4-6-16(7-5-14)20(3)13(2)21/h4-10H,11H2,1-3H3,(H,18,19,22). The maximum Gasteiger partial charge on any atom is 0.228 e. The maximum atomic E-state index is 12.0. The highest BCUT2D eigenvalue weighted by Crippen LogP contribution is 2.15. The highest BCUT2D eigenvalue weighted by molar-refractivity contribution is 5.93. The number of aromatic nitrogens is 1. The van der Waals surface area contributed by atoms with Gasteiger partial charge in [-0.25, -0.2) is 0 Å². The third-order valence-electron chi connectivity index (χ3n) is 3.34. The molecule has 0 aliphatic heterocycles. The predicted molar refractivity (Wildman–Crippen MR) is 86.8 cm³/mol. The summed E-state index contributed by atoms with van der Waals surface area (Å²) >= 11 is 0. The van der Waals surface area contributed by atoms with Crippen LogP contribution in [0.3, 0.4) is 0 Å². The van der Waals surface area contributed by atoms with E-state index in [1.165, 1.54) is 6.92 Å². The number of hydrogen-bond acceptors (Lipinski definition) is 3. The molecular formula is C17H19N3O2. The summed E-state index contributed by atoms with van der Waals surface area (Å²) in [6.45, 7) is 3.39. The van der Waals surface area contributed by atoms with Crippen molar-refractivity contribution in [3.8, 4) is 0 Å². The lowest BCUT2D eigenvalue weighted by Crippen LogP contribution is -2.22. The molecule has 0 spiro atoms. The summed E-state index contributed by atoms with van der Waals surface area (Å²) in [5, 5.41) is 2.84. The van der Waals surface area contributed by atoms with Crippen LogP contribution in [-0.2, 0) is 16.0 Å². The number of rotatable bonds is 4. The summed E-state index contributed by atoms with van der Waals surface area (Å²) in [5.74, 6) is -0.114. The number of amides is 2. The van der Waals surface area contributed by atoms with Crippen LogP contribution in [-0.4, -0.2) is 23.8 Å². The molecule has 1 heterocycles. The van der Waals surface area contributed by atoms with E-state index in [4.69, 9.17) is 0 Å². The fourth-order valence-electron chi connectivity index (χ4n) is 2.03. The van der Waals surface area contributed by atoms with Crippen molar-refractivity contribution >= 4 is 23.2 Å². The number of carbonyl (C=O) groups is 2. The molecule has 1 aromatic carbocycles. The van der Waals surface area contributed by atoms with Crippen LogP contribution in [0.15, 0.2) is 42.6 Å². The van der Waals surface area contributed by atoms with Crippen LogP contribution in [0, 0.1) is 6.92 Å². The predicted octanol–water partition coefficient (Wildman–Crippen LogP) is 2.55. The lowest BCUT2D eigenvalue weighted by Gasteiger charge is -2.15. The Bertz CT molecular complexity index is 681. The first-order valence-corrected chi connectivity index (χ1v) is 7.01. The number of pyridine rings is 1. The minimum absolute atomic E-state index is 0.0291. The van der Waals surface area contributed by atoms with E-state index >= 15 is 0 Å². The van der Waals surface area contributed by atoms with Gasteiger partial charge in [0.15, 0.2) is 0 Å². The molecule has 5 heteroatoms. The molecule has 5 nitrogen and oxygen atoms in total. The number of hydrogen-bond donors (Lipinski definition) is 1. The van der Waals surface area contributed by atoms with Crippen LogP contribution in [0.25, 0.3) is 0 Å². The van der Waals surface area contributed by atoms with E-state index in [2.05, 4.69) is 10.3 Å². The van der Waals surface area contributed by atoms with Crippen LogP contribution in [0.4, 0.5) is 11.4 Å². The second-order valence-electron chi connectivity index (χ2n) is 5.16. The van der Waals surface area contributed by atoms with Crippen molar-refractivity contribution in [1.82, 2.24) is 4.98 Å². The molecule has 0 atom stereocenters. The zero-order valence-corrected chi connectivity index (χ0v) is 13.0. The Balaban J connectivity index is 1.98. The van der Waals surface area contributed by atoms with Crippen LogP contribution < -0.4 is 10.2 Å². The van der Waals surface area contributed by atoms with Crippen molar-refractivity contribution in [3.63, 3.8) is 0 Å². The molecule has 2 aromatic rings. The molecule has 0 aliphatic rings. The number of carbonyl (C=O) groups excluding carboxylic acids is 2. The molecule has 0 bridgehead atoms. The molecule has 0 unspecified atom stereocenters. The molecule has 22 heavy (non-hydrogen) atoms. The van der Waals surface area contributed by atoms with E-state index < -0.39 is 0 Å². The molecule has 0 radical (unpaired) electrons. The van der Waals surface area contributed by atoms with Crippen molar-refractivity contribution in [3.05, 3.63) is 53.9 Å². The van der Waals surface area contributed by atoms with Gasteiger partial charge in [-0.1, -0.05) is 12.1 Å². The fraction of sp³-hybridized carbons (Fsp3) is 0.235. The number of nitrogens with one attached hydrogen (secondary N) is 1. The average molecular weight is 297 g/mol. The first-order chi connectivity index (χ1) is 10.5. The fourth-order valence-corrected chi connectivity index (χ4v) is 2.03. The number of benzene rings is 1. The van der Waals surface area contributed by atoms with Crippen molar-refractivity contribution in [2.45, 2.75) is 20.3 Å². The number of nitrogens with zero attached hydrogens (tertiary/aromatic N) is 2. The lowest BCUT2D eigenvalue weighted by atomic mass is 10.1. The van der Waals surface area contributed by atoms with Gasteiger partial charge in [-0.15, -0.1) is 0 Å². The molecular weight excluding hydrogens is 278 g/mol. The van der Waals surface area contributed by atoms with E-state index in [1.54, 1.807) is 24.2 Å². The molecule has 0 aliphatic carbocycles. The second kappa shape index (κ2) is 6.85. The second-order valence-corrected chi connectivity index (χ2v) is 5.16. The van der Waals surface area contributed by atoms with Crippen molar-refractivity contribution < 1.29 is 9.59 Å². The van der Waals surface area contributed by atoms with Gasteiger partial charge in [-0.05, 0) is 36.8 Å². The average Bonchev–Trinajstić information content (AvgIpc) is 2.47. The first-order valence-electron chi connectivity index (χ1n) is 7.01. The Kier molecular flexibility index (Phi) is 4.88. The minimum Gasteiger partial charge on any atom is -0.326 e. The molecule has 0 fully saturated rings. The van der Waals surface area contributed by atoms with Crippen molar-refractivity contribution in [2.24, 2.45) is 0 Å². The Morgan fingerprint density at radius 3 is 2.45 bits per heavy atom. The van der Waals surface area contributed by atoms with Gasteiger partial charge in [0, 0.05) is 37.2 Å². The third kappa shape index (κ3) is 4.15. The largest absolute Gasteiger partial charge is 0.326 e. The van der Waals surface area contributed by atoms with Gasteiger partial charge in [-0.2, -0.15) is 0 Å². The monoisotopic (exact) mass is 297 g/mol. The summed E-state index contributed by atoms with van der Waals surface area (Å²) in [6.07, 6.45) is 1.95. The van der Waals surface area contributed by atoms with Crippen molar-refractivity contribution in [1.29, 1.82) is 0 Å². The smallest absolute Gasteiger partial charge is 0.228 e. The van der Waals surface area contributed by atoms with Crippen LogP contribution in [0.2, 0.25) is 0 Å². The van der Waals surface area contributed by atoms with Crippen LogP contribution >= 0.6 is 0 Å². The van der Waals surface area contributed by atoms with E-state index in [9.17, 15) is 9.59 Å². The van der Waals surface area contributed by atoms with Gasteiger partial charge in [-0.3, -0.25) is 14.6 Å². The summed E-state index contributed by atoms with van der Waals surface area (Å²) in [5.41, 5.74) is 3.30. The van der Waals surface area contributed by atoms with Gasteiger partial charge in [0.1, 0.15) is 0 Å². The SMILES string of the molecule is CC(=O)N(C)c1ccc(CC(=O)Nc2ccnc(C)c2)cc1. The third-order valence-corrected chi connectivity index (χ3v) is 3.34. The summed E-state index contributed by atoms with van der Waals surface area (Å²) in [6, 6.07) is 11.0. The first kappa shape index (κ1) is 15.7. The molecule has 0 saturated heterocycles. The maximum absolute atomic E-state index is 12.0. The molecule has 2 amide bonds. The summed E-state index contributed by atoms with van der Waals surface area (Å²) in [7, 11) is 1.72. The van der Waals surface area contributed by atoms with Crippen molar-refractivity contribution in [2.75, 3.05) is 17.3 Å². The Morgan fingerprint density at radius 2 is 1.86 bits per heavy atom. The highest BCUT2D eigenvalue weighted by atomic mass is 16.2. The quantitative estimate of drug-likeness (QED) is 0.943. The van der Waals surface area contributed by atoms with E-state index in [0.29, 0.717) is 0 Å². The molecule has 1 aromatic heterocycles. The lowest BCUT2D eigenvalue weighted by molar-refractivity contribution is -0.116. The van der Waals surface area contributed by atoms with Gasteiger partial charge < -0.3 is 10.2 Å². The Morgan fingerprint density at radius 1 is 1.18 bits per heavy atom. The topological polar surface area (TPSA) is 62.3 Å². The Hall–Kier alpha value is -2.69. The molecule has 0 saturated carbocycles. The van der Waals surface area contributed by atoms with E-state index in [-0.39, 0.29) is 18.2 Å². The van der Waals surface area contributed by atoms with E-state index in [0.717, 1.165) is 22.6 Å². The zero-order chi connectivity index (χ0) is 16.1. The van der Waals surface area contributed by atoms with E-state index in [1.807, 2.05) is 37.3 Å². The summed E-state index contributed by atoms with van der Waals surface area (Å²) in [4.78, 5) is 29.0. The number of aryl methyl sites for hydroxylation is 1. The number of anilines is 2. The molecule has 1 N–H and O–H groups in total. The van der Waals surface area contributed by atoms with Gasteiger partial charge in [0.2, 0.25) is 11.8 Å². The molecule has 114 valence electrons. The highest BCUT2D eigenvalue weighted by Gasteiger charge is 2.07. The molecule has 2 rings (SSSR count). The van der Waals surface area contributed by atoms with Gasteiger partial charge in [0.25, 0.3) is 0 Å². The minimum atomic E-state index is -0.0849.